The minimum Gasteiger partial charge on any atom is -0.444 e. The molecule has 0 bridgehead atoms. The van der Waals surface area contributed by atoms with Gasteiger partial charge in [-0.05, 0) is 39.7 Å². The molecule has 7 heteroatoms. The van der Waals surface area contributed by atoms with Crippen molar-refractivity contribution in [1.29, 1.82) is 0 Å². The lowest BCUT2D eigenvalue weighted by molar-refractivity contribution is 0.00114. The summed E-state index contributed by atoms with van der Waals surface area (Å²) < 4.78 is 35.3. The van der Waals surface area contributed by atoms with Gasteiger partial charge in [0, 0.05) is 24.8 Å². The van der Waals surface area contributed by atoms with Gasteiger partial charge in [-0.1, -0.05) is 30.3 Å². The predicted molar refractivity (Wildman–Crippen MR) is 105 cm³/mol. The normalized spacial score (nSPS) is 22.4. The molecule has 1 saturated carbocycles. The van der Waals surface area contributed by atoms with Gasteiger partial charge in [0.2, 0.25) is 0 Å². The number of likely N-dealkylation sites (tertiary alicyclic amines) is 1. The average Bonchev–Trinajstić information content (AvgIpc) is 3.15. The summed E-state index contributed by atoms with van der Waals surface area (Å²) in [4.78, 5) is 22.4. The van der Waals surface area contributed by atoms with E-state index >= 15 is 0 Å². The van der Waals surface area contributed by atoms with Crippen molar-refractivity contribution in [3.05, 3.63) is 48.4 Å². The van der Waals surface area contributed by atoms with E-state index in [2.05, 4.69) is 9.97 Å². The number of ether oxygens (including phenoxy) is 1. The fourth-order valence-corrected chi connectivity index (χ4v) is 4.24. The molecule has 1 amide bonds. The third kappa shape index (κ3) is 3.47. The summed E-state index contributed by atoms with van der Waals surface area (Å²) in [6, 6.07) is 11.2. The number of aromatic nitrogens is 2. The second-order valence-corrected chi connectivity index (χ2v) is 8.85. The largest absolute Gasteiger partial charge is 0.444 e. The first-order valence-corrected chi connectivity index (χ1v) is 9.88. The van der Waals surface area contributed by atoms with Crippen molar-refractivity contribution in [3.63, 3.8) is 0 Å². The molecule has 5 nitrogen and oxygen atoms in total. The van der Waals surface area contributed by atoms with Crippen LogP contribution in [0.5, 0.6) is 0 Å². The number of piperidine rings is 1. The monoisotopic (exact) mass is 401 g/mol. The molecular weight excluding hydrogens is 376 g/mol. The van der Waals surface area contributed by atoms with E-state index in [9.17, 15) is 13.6 Å². The number of carbonyl (C=O) groups is 1. The zero-order valence-corrected chi connectivity index (χ0v) is 16.9. The van der Waals surface area contributed by atoms with Crippen molar-refractivity contribution >= 4 is 6.09 Å². The molecule has 29 heavy (non-hydrogen) atoms. The van der Waals surface area contributed by atoms with E-state index in [1.165, 1.54) is 4.90 Å². The lowest BCUT2D eigenvalue weighted by Gasteiger charge is -2.33. The Kier molecular flexibility index (Phi) is 4.59. The molecule has 1 aliphatic heterocycles. The van der Waals surface area contributed by atoms with Crippen molar-refractivity contribution in [2.24, 2.45) is 5.41 Å². The molecule has 1 saturated heterocycles. The number of benzene rings is 1. The van der Waals surface area contributed by atoms with E-state index in [4.69, 9.17) is 4.74 Å². The van der Waals surface area contributed by atoms with Gasteiger partial charge in [-0.3, -0.25) is 0 Å². The Morgan fingerprint density at radius 3 is 2.41 bits per heavy atom. The average molecular weight is 401 g/mol. The van der Waals surface area contributed by atoms with Crippen LogP contribution in [0.1, 0.15) is 45.4 Å². The molecule has 0 N–H and O–H groups in total. The lowest BCUT2D eigenvalue weighted by Crippen LogP contribution is -2.43. The number of rotatable bonds is 2. The smallest absolute Gasteiger partial charge is 0.410 e. The van der Waals surface area contributed by atoms with Gasteiger partial charge in [-0.15, -0.1) is 0 Å². The van der Waals surface area contributed by atoms with Crippen LogP contribution in [0.4, 0.5) is 13.6 Å². The van der Waals surface area contributed by atoms with Crippen LogP contribution in [0.2, 0.25) is 0 Å². The lowest BCUT2D eigenvalue weighted by atomic mass is 9.90. The third-order valence-corrected chi connectivity index (χ3v) is 5.80. The van der Waals surface area contributed by atoms with Gasteiger partial charge in [0.25, 0.3) is 5.92 Å². The number of amides is 1. The minimum atomic E-state index is -2.87. The van der Waals surface area contributed by atoms with Crippen LogP contribution in [0.15, 0.2) is 42.6 Å². The summed E-state index contributed by atoms with van der Waals surface area (Å²) in [5.74, 6) is -3.70. The molecule has 2 heterocycles. The van der Waals surface area contributed by atoms with Crippen LogP contribution in [0.3, 0.4) is 0 Å². The van der Waals surface area contributed by atoms with Gasteiger partial charge >= 0.3 is 6.09 Å². The number of halogens is 2. The summed E-state index contributed by atoms with van der Waals surface area (Å²) in [5.41, 5.74) is -0.279. The number of hydrogen-bond donors (Lipinski definition) is 0. The fourth-order valence-electron chi connectivity index (χ4n) is 4.24. The topological polar surface area (TPSA) is 55.3 Å². The molecule has 1 aromatic heterocycles. The Morgan fingerprint density at radius 2 is 1.79 bits per heavy atom. The highest BCUT2D eigenvalue weighted by Crippen LogP contribution is 2.74. The number of hydrogen-bond acceptors (Lipinski definition) is 4. The Hall–Kier alpha value is -2.57. The van der Waals surface area contributed by atoms with Crippen LogP contribution in [0.25, 0.3) is 11.3 Å². The third-order valence-electron chi connectivity index (χ3n) is 5.80. The van der Waals surface area contributed by atoms with E-state index in [0.717, 1.165) is 5.56 Å². The molecule has 1 spiro atoms. The van der Waals surface area contributed by atoms with Gasteiger partial charge < -0.3 is 9.64 Å². The highest BCUT2D eigenvalue weighted by Gasteiger charge is 2.81. The van der Waals surface area contributed by atoms with E-state index in [0.29, 0.717) is 5.69 Å². The zero-order valence-electron chi connectivity index (χ0n) is 16.9. The maximum Gasteiger partial charge on any atom is 0.410 e. The molecule has 154 valence electrons. The van der Waals surface area contributed by atoms with Crippen molar-refractivity contribution in [1.82, 2.24) is 14.9 Å². The van der Waals surface area contributed by atoms with E-state index < -0.39 is 28.9 Å². The van der Waals surface area contributed by atoms with Crippen LogP contribution >= 0.6 is 0 Å². The maximum atomic E-state index is 14.9. The molecule has 2 aliphatic rings. The summed E-state index contributed by atoms with van der Waals surface area (Å²) >= 11 is 0. The first kappa shape index (κ1) is 19.7. The summed E-state index contributed by atoms with van der Waals surface area (Å²) in [6.45, 7) is 5.87. The molecule has 1 unspecified atom stereocenters. The first-order chi connectivity index (χ1) is 13.6. The molecule has 0 radical (unpaired) electrons. The van der Waals surface area contributed by atoms with Gasteiger partial charge in [0.15, 0.2) is 0 Å². The number of nitrogens with zero attached hydrogens (tertiary/aromatic N) is 3. The van der Waals surface area contributed by atoms with Crippen molar-refractivity contribution in [2.75, 3.05) is 13.1 Å². The molecule has 4 rings (SSSR count). The fraction of sp³-hybridized carbons (Fsp3) is 0.500. The minimum absolute atomic E-state index is 0.182. The van der Waals surface area contributed by atoms with E-state index in [-0.39, 0.29) is 31.8 Å². The molecule has 1 aromatic carbocycles. The van der Waals surface area contributed by atoms with Crippen LogP contribution in [0, 0.1) is 5.41 Å². The Morgan fingerprint density at radius 1 is 1.14 bits per heavy atom. The summed E-state index contributed by atoms with van der Waals surface area (Å²) in [5, 5.41) is 0. The zero-order chi connectivity index (χ0) is 20.9. The SMILES string of the molecule is CC(C)(C)OC(=O)N1CCC2(CC1)C(c1nccc(-c3ccccc3)n1)C2(F)F. The molecule has 2 fully saturated rings. The van der Waals surface area contributed by atoms with Gasteiger partial charge in [-0.2, -0.15) is 0 Å². The molecule has 1 atom stereocenters. The highest BCUT2D eigenvalue weighted by molar-refractivity contribution is 5.68. The molecule has 2 aromatic rings. The Labute approximate surface area is 169 Å². The Bertz CT molecular complexity index is 904. The maximum absolute atomic E-state index is 14.9. The quantitative estimate of drug-likeness (QED) is 0.719. The van der Waals surface area contributed by atoms with E-state index in [1.807, 2.05) is 30.3 Å². The number of carbonyl (C=O) groups excluding carboxylic acids is 1. The summed E-state index contributed by atoms with van der Waals surface area (Å²) in [7, 11) is 0. The van der Waals surface area contributed by atoms with Gasteiger partial charge in [-0.25, -0.2) is 23.5 Å². The second-order valence-electron chi connectivity index (χ2n) is 8.85. The molecular formula is C22H25F2N3O2. The standard InChI is InChI=1S/C22H25F2N3O2/c1-20(2,3)29-19(28)27-13-10-21(11-14-27)17(22(21,23)24)18-25-12-9-16(26-18)15-7-5-4-6-8-15/h4-9,12,17H,10-11,13-14H2,1-3H3. The van der Waals surface area contributed by atoms with Crippen LogP contribution < -0.4 is 0 Å². The number of alkyl halides is 2. The van der Waals surface area contributed by atoms with Crippen molar-refractivity contribution < 1.29 is 18.3 Å². The predicted octanol–water partition coefficient (Wildman–Crippen LogP) is 4.89. The van der Waals surface area contributed by atoms with E-state index in [1.54, 1.807) is 33.0 Å². The first-order valence-electron chi connectivity index (χ1n) is 9.88. The summed E-state index contributed by atoms with van der Waals surface area (Å²) in [6.07, 6.45) is 1.52. The van der Waals surface area contributed by atoms with Crippen LogP contribution in [-0.2, 0) is 4.74 Å². The highest BCUT2D eigenvalue weighted by atomic mass is 19.3. The van der Waals surface area contributed by atoms with Crippen molar-refractivity contribution in [3.8, 4) is 11.3 Å². The Balaban J connectivity index is 1.51. The second kappa shape index (κ2) is 6.75. The molecule has 1 aliphatic carbocycles. The van der Waals surface area contributed by atoms with Gasteiger partial charge in [0.05, 0.1) is 17.0 Å². The van der Waals surface area contributed by atoms with Crippen molar-refractivity contribution in [2.45, 2.75) is 51.1 Å². The van der Waals surface area contributed by atoms with Gasteiger partial charge in [0.1, 0.15) is 11.4 Å². The van der Waals surface area contributed by atoms with Crippen LogP contribution in [-0.4, -0.2) is 45.6 Å².